The van der Waals surface area contributed by atoms with Crippen molar-refractivity contribution < 1.29 is 14.7 Å². The SMILES string of the molecule is C#Cc1cccc(NC(=O)N(CC)C(C)(C)C(=O)O)c1. The first kappa shape index (κ1) is 15.6. The van der Waals surface area contributed by atoms with Crippen molar-refractivity contribution in [1.82, 2.24) is 4.90 Å². The number of hydrogen-bond acceptors (Lipinski definition) is 2. The van der Waals surface area contributed by atoms with Gasteiger partial charge in [-0.1, -0.05) is 12.0 Å². The Morgan fingerprint density at radius 3 is 2.60 bits per heavy atom. The van der Waals surface area contributed by atoms with Crippen molar-refractivity contribution in [2.45, 2.75) is 26.3 Å². The molecule has 0 radical (unpaired) electrons. The fraction of sp³-hybridized carbons (Fsp3) is 0.333. The van der Waals surface area contributed by atoms with Crippen molar-refractivity contribution in [3.8, 4) is 12.3 Å². The molecular formula is C15H18N2O3. The van der Waals surface area contributed by atoms with E-state index in [1.54, 1.807) is 31.2 Å². The van der Waals surface area contributed by atoms with Gasteiger partial charge in [0, 0.05) is 17.8 Å². The van der Waals surface area contributed by atoms with E-state index < -0.39 is 17.5 Å². The highest BCUT2D eigenvalue weighted by molar-refractivity contribution is 5.93. The Hall–Kier alpha value is -2.48. The van der Waals surface area contributed by atoms with Gasteiger partial charge in [-0.25, -0.2) is 9.59 Å². The molecule has 0 saturated carbocycles. The summed E-state index contributed by atoms with van der Waals surface area (Å²) >= 11 is 0. The number of aliphatic carboxylic acids is 1. The number of urea groups is 1. The molecule has 0 unspecified atom stereocenters. The number of benzene rings is 1. The first-order valence-corrected chi connectivity index (χ1v) is 6.21. The van der Waals surface area contributed by atoms with E-state index in [0.29, 0.717) is 11.3 Å². The lowest BCUT2D eigenvalue weighted by molar-refractivity contribution is -0.147. The fourth-order valence-corrected chi connectivity index (χ4v) is 1.79. The molecule has 0 spiro atoms. The maximum Gasteiger partial charge on any atom is 0.329 e. The van der Waals surface area contributed by atoms with Crippen LogP contribution in [0, 0.1) is 12.3 Å². The number of hydrogen-bond donors (Lipinski definition) is 2. The van der Waals surface area contributed by atoms with Crippen LogP contribution in [0.15, 0.2) is 24.3 Å². The predicted octanol–water partition coefficient (Wildman–Crippen LogP) is 2.38. The van der Waals surface area contributed by atoms with E-state index >= 15 is 0 Å². The molecule has 0 bridgehead atoms. The van der Waals surface area contributed by atoms with Crippen LogP contribution in [-0.2, 0) is 4.79 Å². The van der Waals surface area contributed by atoms with Crippen molar-refractivity contribution in [2.75, 3.05) is 11.9 Å². The molecule has 0 heterocycles. The summed E-state index contributed by atoms with van der Waals surface area (Å²) in [6.45, 7) is 4.97. The first-order valence-electron chi connectivity index (χ1n) is 6.21. The summed E-state index contributed by atoms with van der Waals surface area (Å²) in [5.41, 5.74) is -0.115. The van der Waals surface area contributed by atoms with E-state index in [1.165, 1.54) is 18.7 Å². The average molecular weight is 274 g/mol. The number of amides is 2. The topological polar surface area (TPSA) is 69.6 Å². The zero-order valence-electron chi connectivity index (χ0n) is 11.8. The Balaban J connectivity index is 2.93. The van der Waals surface area contributed by atoms with Gasteiger partial charge in [-0.05, 0) is 39.0 Å². The van der Waals surface area contributed by atoms with Gasteiger partial charge in [-0.3, -0.25) is 0 Å². The van der Waals surface area contributed by atoms with Crippen LogP contribution < -0.4 is 5.32 Å². The molecule has 0 aromatic heterocycles. The second-order valence-electron chi connectivity index (χ2n) is 4.76. The number of carbonyl (C=O) groups is 2. The minimum atomic E-state index is -1.29. The molecule has 5 heteroatoms. The third-order valence-corrected chi connectivity index (χ3v) is 3.04. The molecule has 2 N–H and O–H groups in total. The van der Waals surface area contributed by atoms with E-state index in [0.717, 1.165) is 0 Å². The van der Waals surface area contributed by atoms with Gasteiger partial charge in [-0.15, -0.1) is 6.42 Å². The monoisotopic (exact) mass is 274 g/mol. The Labute approximate surface area is 118 Å². The summed E-state index contributed by atoms with van der Waals surface area (Å²) in [6, 6.07) is 6.34. The summed E-state index contributed by atoms with van der Waals surface area (Å²) in [6.07, 6.45) is 5.29. The van der Waals surface area contributed by atoms with Crippen LogP contribution >= 0.6 is 0 Å². The highest BCUT2D eigenvalue weighted by Gasteiger charge is 2.36. The predicted molar refractivity (Wildman–Crippen MR) is 77.5 cm³/mol. The highest BCUT2D eigenvalue weighted by atomic mass is 16.4. The third-order valence-electron chi connectivity index (χ3n) is 3.04. The van der Waals surface area contributed by atoms with Crippen molar-refractivity contribution in [3.05, 3.63) is 29.8 Å². The standard InChI is InChI=1S/C15H18N2O3/c1-5-11-8-7-9-12(10-11)16-14(20)17(6-2)15(3,4)13(18)19/h1,7-10H,6H2,2-4H3,(H,16,20)(H,18,19). The van der Waals surface area contributed by atoms with Crippen molar-refractivity contribution in [1.29, 1.82) is 0 Å². The van der Waals surface area contributed by atoms with Crippen LogP contribution in [0.1, 0.15) is 26.3 Å². The van der Waals surface area contributed by atoms with Crippen LogP contribution in [0.4, 0.5) is 10.5 Å². The van der Waals surface area contributed by atoms with E-state index in [2.05, 4.69) is 11.2 Å². The Morgan fingerprint density at radius 2 is 2.10 bits per heavy atom. The lowest BCUT2D eigenvalue weighted by Gasteiger charge is -2.34. The molecule has 2 amide bonds. The van der Waals surface area contributed by atoms with Gasteiger partial charge in [-0.2, -0.15) is 0 Å². The van der Waals surface area contributed by atoms with Crippen molar-refractivity contribution in [2.24, 2.45) is 0 Å². The maximum absolute atomic E-state index is 12.2. The van der Waals surface area contributed by atoms with Crippen LogP contribution in [-0.4, -0.2) is 34.1 Å². The minimum absolute atomic E-state index is 0.278. The molecule has 1 aromatic rings. The minimum Gasteiger partial charge on any atom is -0.480 e. The summed E-state index contributed by atoms with van der Waals surface area (Å²) < 4.78 is 0. The average Bonchev–Trinajstić information content (AvgIpc) is 2.39. The quantitative estimate of drug-likeness (QED) is 0.828. The van der Waals surface area contributed by atoms with Gasteiger partial charge in [0.2, 0.25) is 0 Å². The number of carboxylic acids is 1. The van der Waals surface area contributed by atoms with Crippen LogP contribution in [0.25, 0.3) is 0 Å². The molecule has 106 valence electrons. The zero-order valence-corrected chi connectivity index (χ0v) is 11.8. The summed E-state index contributed by atoms with van der Waals surface area (Å²) in [5.74, 6) is 1.41. The van der Waals surface area contributed by atoms with Gasteiger partial charge in [0.25, 0.3) is 0 Å². The van der Waals surface area contributed by atoms with E-state index in [1.807, 2.05) is 0 Å². The number of terminal acetylenes is 1. The lowest BCUT2D eigenvalue weighted by Crippen LogP contribution is -2.54. The Morgan fingerprint density at radius 1 is 1.45 bits per heavy atom. The molecule has 0 aliphatic heterocycles. The van der Waals surface area contributed by atoms with Crippen LogP contribution in [0.3, 0.4) is 0 Å². The molecule has 0 saturated heterocycles. The molecular weight excluding hydrogens is 256 g/mol. The number of nitrogens with zero attached hydrogens (tertiary/aromatic N) is 1. The Kier molecular flexibility index (Phi) is 4.76. The number of carbonyl (C=O) groups excluding carboxylic acids is 1. The number of rotatable bonds is 4. The molecule has 20 heavy (non-hydrogen) atoms. The number of carboxylic acid groups (broad SMARTS) is 1. The third kappa shape index (κ3) is 3.29. The number of nitrogens with one attached hydrogen (secondary N) is 1. The summed E-state index contributed by atoms with van der Waals surface area (Å²) in [7, 11) is 0. The normalized spacial score (nSPS) is 10.5. The van der Waals surface area contributed by atoms with Crippen molar-refractivity contribution >= 4 is 17.7 Å². The maximum atomic E-state index is 12.2. The molecule has 0 aliphatic carbocycles. The van der Waals surface area contributed by atoms with Crippen LogP contribution in [0.5, 0.6) is 0 Å². The molecule has 0 fully saturated rings. The van der Waals surface area contributed by atoms with Gasteiger partial charge in [0.05, 0.1) is 0 Å². The molecule has 1 aromatic carbocycles. The number of anilines is 1. The highest BCUT2D eigenvalue weighted by Crippen LogP contribution is 2.17. The zero-order chi connectivity index (χ0) is 15.3. The first-order chi connectivity index (χ1) is 9.32. The Bertz CT molecular complexity index is 558. The van der Waals surface area contributed by atoms with Crippen molar-refractivity contribution in [3.63, 3.8) is 0 Å². The smallest absolute Gasteiger partial charge is 0.329 e. The molecule has 1 rings (SSSR count). The molecule has 0 aliphatic rings. The van der Waals surface area contributed by atoms with Gasteiger partial charge >= 0.3 is 12.0 Å². The number of likely N-dealkylation sites (N-methyl/N-ethyl adjacent to an activating group) is 1. The van der Waals surface area contributed by atoms with Gasteiger partial charge in [0.15, 0.2) is 0 Å². The largest absolute Gasteiger partial charge is 0.480 e. The second-order valence-corrected chi connectivity index (χ2v) is 4.76. The lowest BCUT2D eigenvalue weighted by atomic mass is 10.0. The van der Waals surface area contributed by atoms with E-state index in [9.17, 15) is 14.7 Å². The summed E-state index contributed by atoms with van der Waals surface area (Å²) in [4.78, 5) is 24.7. The van der Waals surface area contributed by atoms with Gasteiger partial charge in [0.1, 0.15) is 5.54 Å². The second kappa shape index (κ2) is 6.11. The summed E-state index contributed by atoms with van der Waals surface area (Å²) in [5, 5.41) is 11.8. The molecule has 0 atom stereocenters. The van der Waals surface area contributed by atoms with E-state index in [-0.39, 0.29) is 6.54 Å². The van der Waals surface area contributed by atoms with Crippen LogP contribution in [0.2, 0.25) is 0 Å². The van der Waals surface area contributed by atoms with E-state index in [4.69, 9.17) is 6.42 Å². The molecule has 5 nitrogen and oxygen atoms in total. The fourth-order valence-electron chi connectivity index (χ4n) is 1.79. The van der Waals surface area contributed by atoms with Gasteiger partial charge < -0.3 is 15.3 Å².